The number of aromatic hydroxyl groups is 1. The van der Waals surface area contributed by atoms with E-state index in [1.54, 1.807) is 13.8 Å². The molecular formula is C19H16ClN3O7S. The topological polar surface area (TPSA) is 145 Å². The van der Waals surface area contributed by atoms with Crippen LogP contribution in [0.25, 0.3) is 21.3 Å². The Labute approximate surface area is 183 Å². The number of thiophene rings is 1. The van der Waals surface area contributed by atoms with E-state index in [2.05, 4.69) is 9.97 Å². The van der Waals surface area contributed by atoms with Gasteiger partial charge in [0.15, 0.2) is 11.6 Å². The largest absolute Gasteiger partial charge is 0.500 e. The summed E-state index contributed by atoms with van der Waals surface area (Å²) in [6, 6.07) is 2.44. The summed E-state index contributed by atoms with van der Waals surface area (Å²) in [5.74, 6) is -1.27. The minimum absolute atomic E-state index is 0.00511. The molecule has 2 N–H and O–H groups in total. The summed E-state index contributed by atoms with van der Waals surface area (Å²) in [6.45, 7) is 3.50. The van der Waals surface area contributed by atoms with Gasteiger partial charge in [0.1, 0.15) is 9.71 Å². The van der Waals surface area contributed by atoms with Gasteiger partial charge in [-0.15, -0.1) is 11.3 Å². The van der Waals surface area contributed by atoms with Crippen molar-refractivity contribution < 1.29 is 24.3 Å². The van der Waals surface area contributed by atoms with Crippen LogP contribution >= 0.6 is 22.9 Å². The Hall–Kier alpha value is -3.44. The van der Waals surface area contributed by atoms with Gasteiger partial charge in [-0.25, -0.2) is 9.78 Å². The van der Waals surface area contributed by atoms with E-state index in [9.17, 15) is 24.8 Å². The molecule has 10 nitrogen and oxygen atoms in total. The number of fused-ring (bicyclic) bond motifs is 1. The van der Waals surface area contributed by atoms with Gasteiger partial charge in [-0.3, -0.25) is 14.9 Å². The Balaban J connectivity index is 2.11. The van der Waals surface area contributed by atoms with Gasteiger partial charge in [0.25, 0.3) is 5.56 Å². The number of halogens is 1. The monoisotopic (exact) mass is 465 g/mol. The van der Waals surface area contributed by atoms with Crippen molar-refractivity contribution in [1.82, 2.24) is 9.97 Å². The van der Waals surface area contributed by atoms with E-state index in [1.165, 1.54) is 19.3 Å². The van der Waals surface area contributed by atoms with E-state index >= 15 is 0 Å². The molecule has 12 heteroatoms. The zero-order chi connectivity index (χ0) is 22.9. The lowest BCUT2D eigenvalue weighted by atomic mass is 10.1. The number of phenolic OH excluding ortho intramolecular Hbond substituents is 1. The Morgan fingerprint density at radius 3 is 2.77 bits per heavy atom. The summed E-state index contributed by atoms with van der Waals surface area (Å²) in [5.41, 5.74) is -0.369. The number of carbonyl (C=O) groups excluding carboxylic acids is 1. The van der Waals surface area contributed by atoms with Crippen molar-refractivity contribution >= 4 is 55.9 Å². The highest BCUT2D eigenvalue weighted by atomic mass is 35.5. The SMILES string of the molecule is CCOC(=O)c1sc2nc(/C(Cl)=C/c3cc(OC)c(O)c([N+](=O)[O-])c3)[nH]c(=O)c2c1C. The minimum atomic E-state index is -0.763. The fourth-order valence-electron chi connectivity index (χ4n) is 2.86. The Bertz CT molecular complexity index is 1300. The van der Waals surface area contributed by atoms with Gasteiger partial charge in [0, 0.05) is 6.07 Å². The highest BCUT2D eigenvalue weighted by Gasteiger charge is 2.22. The summed E-state index contributed by atoms with van der Waals surface area (Å²) in [7, 11) is 1.25. The Kier molecular flexibility index (Phi) is 6.27. The molecule has 0 radical (unpaired) electrons. The molecule has 0 aliphatic rings. The van der Waals surface area contributed by atoms with E-state index in [4.69, 9.17) is 21.1 Å². The third-order valence-electron chi connectivity index (χ3n) is 4.27. The Morgan fingerprint density at radius 1 is 1.45 bits per heavy atom. The van der Waals surface area contributed by atoms with Gasteiger partial charge < -0.3 is 19.6 Å². The van der Waals surface area contributed by atoms with Crippen molar-refractivity contribution in [3.63, 3.8) is 0 Å². The third-order valence-corrected chi connectivity index (χ3v) is 5.73. The number of nitrogens with zero attached hydrogens (tertiary/aromatic N) is 2. The number of aryl methyl sites for hydroxylation is 1. The number of nitrogens with one attached hydrogen (secondary N) is 1. The number of phenols is 1. The molecule has 0 saturated carbocycles. The molecule has 0 fully saturated rings. The van der Waals surface area contributed by atoms with Crippen LogP contribution in [0.1, 0.15) is 33.5 Å². The summed E-state index contributed by atoms with van der Waals surface area (Å²) in [4.78, 5) is 42.5. The van der Waals surface area contributed by atoms with Crippen molar-refractivity contribution in [1.29, 1.82) is 0 Å². The number of esters is 1. The number of hydrogen-bond acceptors (Lipinski definition) is 9. The summed E-state index contributed by atoms with van der Waals surface area (Å²) in [6.07, 6.45) is 1.33. The second kappa shape index (κ2) is 8.74. The highest BCUT2D eigenvalue weighted by molar-refractivity contribution is 7.20. The van der Waals surface area contributed by atoms with Crippen LogP contribution in [0.4, 0.5) is 5.69 Å². The molecule has 31 heavy (non-hydrogen) atoms. The smallest absolute Gasteiger partial charge is 0.348 e. The molecule has 3 aromatic rings. The maximum atomic E-state index is 12.6. The van der Waals surface area contributed by atoms with Crippen LogP contribution in [0.3, 0.4) is 0 Å². The number of benzene rings is 1. The number of H-pyrrole nitrogens is 1. The standard InChI is InChI=1S/C19H16ClN3O7S/c1-4-30-19(26)15-8(2)13-17(25)21-16(22-18(13)31-15)10(20)5-9-6-11(23(27)28)14(24)12(7-9)29-3/h5-7,24H,4H2,1-3H3,(H,21,22,25)/b10-5-. The van der Waals surface area contributed by atoms with Crippen LogP contribution in [0.5, 0.6) is 11.5 Å². The third kappa shape index (κ3) is 4.23. The van der Waals surface area contributed by atoms with Crippen LogP contribution in [0, 0.1) is 17.0 Å². The molecule has 3 rings (SSSR count). The van der Waals surface area contributed by atoms with Crippen LogP contribution in [-0.2, 0) is 4.74 Å². The molecule has 0 amide bonds. The summed E-state index contributed by atoms with van der Waals surface area (Å²) in [5, 5.41) is 21.3. The lowest BCUT2D eigenvalue weighted by molar-refractivity contribution is -0.386. The van der Waals surface area contributed by atoms with E-state index in [-0.39, 0.29) is 39.0 Å². The van der Waals surface area contributed by atoms with Gasteiger partial charge in [0.05, 0.1) is 29.1 Å². The van der Waals surface area contributed by atoms with Gasteiger partial charge in [-0.2, -0.15) is 0 Å². The van der Waals surface area contributed by atoms with Gasteiger partial charge in [-0.1, -0.05) is 11.6 Å². The fraction of sp³-hybridized carbons (Fsp3) is 0.211. The van der Waals surface area contributed by atoms with E-state index in [0.717, 1.165) is 17.4 Å². The zero-order valence-electron chi connectivity index (χ0n) is 16.5. The molecule has 0 atom stereocenters. The molecule has 0 aliphatic heterocycles. The zero-order valence-corrected chi connectivity index (χ0v) is 18.1. The van der Waals surface area contributed by atoms with Crippen molar-refractivity contribution in [2.75, 3.05) is 13.7 Å². The van der Waals surface area contributed by atoms with E-state index in [0.29, 0.717) is 10.4 Å². The van der Waals surface area contributed by atoms with Crippen molar-refractivity contribution in [2.24, 2.45) is 0 Å². The molecular weight excluding hydrogens is 450 g/mol. The Morgan fingerprint density at radius 2 is 2.16 bits per heavy atom. The van der Waals surface area contributed by atoms with E-state index in [1.807, 2.05) is 0 Å². The normalized spacial score (nSPS) is 11.5. The van der Waals surface area contributed by atoms with E-state index < -0.39 is 27.9 Å². The van der Waals surface area contributed by atoms with Crippen molar-refractivity contribution in [3.05, 3.63) is 54.4 Å². The molecule has 0 saturated heterocycles. The molecule has 0 aliphatic carbocycles. The molecule has 1 aromatic carbocycles. The summed E-state index contributed by atoms with van der Waals surface area (Å²) >= 11 is 7.31. The molecule has 0 unspecified atom stereocenters. The van der Waals surface area contributed by atoms with Gasteiger partial charge >= 0.3 is 11.7 Å². The first-order valence-electron chi connectivity index (χ1n) is 8.81. The second-order valence-corrected chi connectivity index (χ2v) is 7.62. The van der Waals surface area contributed by atoms with Gasteiger partial charge in [-0.05, 0) is 37.1 Å². The number of nitro groups is 1. The number of aromatic nitrogens is 2. The lowest BCUT2D eigenvalue weighted by Gasteiger charge is -2.06. The molecule has 2 aromatic heterocycles. The number of rotatable bonds is 6. The number of methoxy groups -OCH3 is 1. The number of ether oxygens (including phenoxy) is 2. The predicted molar refractivity (Wildman–Crippen MR) is 116 cm³/mol. The van der Waals surface area contributed by atoms with Crippen LogP contribution < -0.4 is 10.3 Å². The number of aromatic amines is 1. The number of carbonyl (C=O) groups is 1. The second-order valence-electron chi connectivity index (χ2n) is 6.21. The van der Waals surface area contributed by atoms with Crippen LogP contribution in [0.15, 0.2) is 16.9 Å². The molecule has 0 spiro atoms. The van der Waals surface area contributed by atoms with Crippen LogP contribution in [0.2, 0.25) is 0 Å². The summed E-state index contributed by atoms with van der Waals surface area (Å²) < 4.78 is 9.96. The predicted octanol–water partition coefficient (Wildman–Crippen LogP) is 3.83. The number of nitro benzene ring substituents is 1. The maximum Gasteiger partial charge on any atom is 0.348 e. The first kappa shape index (κ1) is 22.2. The first-order valence-corrected chi connectivity index (χ1v) is 10.0. The average Bonchev–Trinajstić information content (AvgIpc) is 3.06. The molecule has 162 valence electrons. The lowest BCUT2D eigenvalue weighted by Crippen LogP contribution is -2.11. The molecule has 2 heterocycles. The number of hydrogen-bond donors (Lipinski definition) is 2. The van der Waals surface area contributed by atoms with Gasteiger partial charge in [0.2, 0.25) is 5.75 Å². The quantitative estimate of drug-likeness (QED) is 0.317. The van der Waals surface area contributed by atoms with Crippen molar-refractivity contribution in [3.8, 4) is 11.5 Å². The van der Waals surface area contributed by atoms with Crippen LogP contribution in [-0.4, -0.2) is 39.7 Å². The minimum Gasteiger partial charge on any atom is -0.500 e. The highest BCUT2D eigenvalue weighted by Crippen LogP contribution is 2.38. The van der Waals surface area contributed by atoms with Crippen molar-refractivity contribution in [2.45, 2.75) is 13.8 Å². The molecule has 0 bridgehead atoms. The fourth-order valence-corrected chi connectivity index (χ4v) is 4.15. The average molecular weight is 466 g/mol. The maximum absolute atomic E-state index is 12.6. The first-order chi connectivity index (χ1) is 14.7.